The van der Waals surface area contributed by atoms with Crippen molar-refractivity contribution in [3.8, 4) is 0 Å². The van der Waals surface area contributed by atoms with Gasteiger partial charge in [-0.2, -0.15) is 12.6 Å². The van der Waals surface area contributed by atoms with Crippen molar-refractivity contribution in [3.05, 3.63) is 0 Å². The molecule has 14 heavy (non-hydrogen) atoms. The maximum Gasteiger partial charge on any atom is 0.323 e. The van der Waals surface area contributed by atoms with Gasteiger partial charge in [0.2, 0.25) is 0 Å². The van der Waals surface area contributed by atoms with E-state index in [2.05, 4.69) is 12.6 Å². The third-order valence-corrected chi connectivity index (χ3v) is 4.13. The first-order valence-corrected chi connectivity index (χ1v) is 5.27. The monoisotopic (exact) mass is 240 g/mol. The summed E-state index contributed by atoms with van der Waals surface area (Å²) in [5.74, 6) is -1.20. The summed E-state index contributed by atoms with van der Waals surface area (Å²) < 4.78 is 3.45. The third-order valence-electron chi connectivity index (χ3n) is 2.02. The standard InChI is InChI=1S/C7H12O5S2/c1-6(13,4(9)10)7(11)5(14-7)12-3-2-8/h5,8,11,13H,2-3H2,1H3,(H,9,10). The summed E-state index contributed by atoms with van der Waals surface area (Å²) >= 11 is 4.87. The van der Waals surface area contributed by atoms with E-state index in [-0.39, 0.29) is 13.2 Å². The zero-order chi connectivity index (χ0) is 11.0. The zero-order valence-corrected chi connectivity index (χ0v) is 9.22. The number of thiol groups is 1. The Kier molecular flexibility index (Phi) is 3.37. The Morgan fingerprint density at radius 2 is 2.36 bits per heavy atom. The van der Waals surface area contributed by atoms with E-state index in [1.807, 2.05) is 0 Å². The number of rotatable bonds is 5. The van der Waals surface area contributed by atoms with Gasteiger partial charge in [0.15, 0.2) is 4.93 Å². The molecule has 0 bridgehead atoms. The molecule has 0 saturated carbocycles. The number of thioether (sulfide) groups is 1. The molecule has 7 heteroatoms. The summed E-state index contributed by atoms with van der Waals surface area (Å²) in [5.41, 5.74) is -0.631. The summed E-state index contributed by atoms with van der Waals surface area (Å²) in [5, 5.41) is 27.1. The minimum absolute atomic E-state index is 0.0729. The van der Waals surface area contributed by atoms with Crippen LogP contribution >= 0.6 is 24.4 Å². The van der Waals surface area contributed by atoms with Gasteiger partial charge in [-0.3, -0.25) is 4.79 Å². The minimum atomic E-state index is -1.56. The van der Waals surface area contributed by atoms with Gasteiger partial charge in [-0.15, -0.1) is 0 Å². The van der Waals surface area contributed by atoms with Gasteiger partial charge in [0, 0.05) is 0 Å². The molecule has 1 heterocycles. The van der Waals surface area contributed by atoms with E-state index in [0.717, 1.165) is 11.8 Å². The minimum Gasteiger partial charge on any atom is -0.480 e. The quantitative estimate of drug-likeness (QED) is 0.384. The number of ether oxygens (including phenoxy) is 1. The molecule has 0 amide bonds. The molecule has 0 aromatic carbocycles. The van der Waals surface area contributed by atoms with E-state index < -0.39 is 21.1 Å². The average molecular weight is 240 g/mol. The van der Waals surface area contributed by atoms with Gasteiger partial charge in [-0.25, -0.2) is 0 Å². The first-order valence-electron chi connectivity index (χ1n) is 3.94. The molecule has 0 spiro atoms. The molecule has 1 aliphatic heterocycles. The van der Waals surface area contributed by atoms with Gasteiger partial charge in [0.05, 0.1) is 13.2 Å². The molecule has 82 valence electrons. The van der Waals surface area contributed by atoms with Crippen LogP contribution in [-0.2, 0) is 9.53 Å². The lowest BCUT2D eigenvalue weighted by Gasteiger charge is -2.23. The Hall–Kier alpha value is 0.0500. The van der Waals surface area contributed by atoms with E-state index in [9.17, 15) is 9.90 Å². The van der Waals surface area contributed by atoms with Crippen molar-refractivity contribution in [2.24, 2.45) is 0 Å². The Morgan fingerprint density at radius 3 is 2.79 bits per heavy atom. The van der Waals surface area contributed by atoms with Crippen LogP contribution in [-0.4, -0.2) is 49.6 Å². The largest absolute Gasteiger partial charge is 0.480 e. The van der Waals surface area contributed by atoms with Crippen LogP contribution in [0.25, 0.3) is 0 Å². The SMILES string of the molecule is CC(S)(C(=O)O)C1(O)SC1OCCO. The van der Waals surface area contributed by atoms with Gasteiger partial charge in [-0.05, 0) is 6.92 Å². The van der Waals surface area contributed by atoms with E-state index in [0.29, 0.717) is 0 Å². The molecule has 1 aliphatic rings. The van der Waals surface area contributed by atoms with Crippen molar-refractivity contribution in [2.45, 2.75) is 22.0 Å². The molecule has 1 saturated heterocycles. The number of carboxylic acid groups (broad SMARTS) is 1. The Bertz CT molecular complexity index is 244. The first-order chi connectivity index (χ1) is 6.36. The molecule has 0 aliphatic carbocycles. The smallest absolute Gasteiger partial charge is 0.323 e. The first kappa shape index (κ1) is 12.1. The van der Waals surface area contributed by atoms with Gasteiger partial charge < -0.3 is 20.1 Å². The number of hydrogen-bond acceptors (Lipinski definition) is 6. The highest BCUT2D eigenvalue weighted by Gasteiger charge is 2.69. The lowest BCUT2D eigenvalue weighted by molar-refractivity contribution is -0.144. The van der Waals surface area contributed by atoms with Crippen molar-refractivity contribution in [2.75, 3.05) is 13.2 Å². The number of aliphatic hydroxyl groups is 2. The fourth-order valence-electron chi connectivity index (χ4n) is 0.933. The summed E-state index contributed by atoms with van der Waals surface area (Å²) in [6, 6.07) is 0. The van der Waals surface area contributed by atoms with Gasteiger partial charge in [-0.1, -0.05) is 11.8 Å². The molecule has 0 aromatic heterocycles. The lowest BCUT2D eigenvalue weighted by Crippen LogP contribution is -2.46. The molecule has 5 nitrogen and oxygen atoms in total. The van der Waals surface area contributed by atoms with E-state index in [1.165, 1.54) is 6.92 Å². The highest BCUT2D eigenvalue weighted by molar-refractivity contribution is 8.09. The summed E-state index contributed by atoms with van der Waals surface area (Å²) in [4.78, 5) is 9.26. The van der Waals surface area contributed by atoms with Crippen LogP contribution in [0.5, 0.6) is 0 Å². The average Bonchev–Trinajstić information content (AvgIpc) is 2.75. The van der Waals surface area contributed by atoms with Crippen LogP contribution in [0, 0.1) is 0 Å². The molecule has 0 aromatic rings. The molecule has 1 fully saturated rings. The van der Waals surface area contributed by atoms with Gasteiger partial charge in [0.1, 0.15) is 10.2 Å². The summed E-state index contributed by atoms with van der Waals surface area (Å²) in [6.45, 7) is 1.22. The molecular weight excluding hydrogens is 228 g/mol. The molecule has 3 N–H and O–H groups in total. The fourth-order valence-corrected chi connectivity index (χ4v) is 2.34. The molecule has 3 unspecified atom stereocenters. The maximum absolute atomic E-state index is 10.8. The van der Waals surface area contributed by atoms with E-state index in [4.69, 9.17) is 14.9 Å². The predicted octanol–water partition coefficient (Wildman–Crippen LogP) is -0.470. The van der Waals surface area contributed by atoms with Crippen molar-refractivity contribution >= 4 is 30.4 Å². The van der Waals surface area contributed by atoms with Gasteiger partial charge >= 0.3 is 5.97 Å². The van der Waals surface area contributed by atoms with Crippen molar-refractivity contribution in [3.63, 3.8) is 0 Å². The van der Waals surface area contributed by atoms with Gasteiger partial charge in [0.25, 0.3) is 0 Å². The van der Waals surface area contributed by atoms with Crippen LogP contribution in [0.3, 0.4) is 0 Å². The second-order valence-corrected chi connectivity index (χ2v) is 5.30. The summed E-state index contributed by atoms with van der Waals surface area (Å²) in [6.07, 6.45) is 0. The number of carbonyl (C=O) groups is 1. The van der Waals surface area contributed by atoms with Crippen LogP contribution in [0.15, 0.2) is 0 Å². The normalized spacial score (nSPS) is 35.0. The van der Waals surface area contributed by atoms with Crippen molar-refractivity contribution < 1.29 is 24.9 Å². The second kappa shape index (κ2) is 3.90. The molecule has 1 rings (SSSR count). The summed E-state index contributed by atoms with van der Waals surface area (Å²) in [7, 11) is 0. The highest BCUT2D eigenvalue weighted by atomic mass is 32.2. The topological polar surface area (TPSA) is 87.0 Å². The third kappa shape index (κ3) is 1.87. The Labute approximate surface area is 90.9 Å². The maximum atomic E-state index is 10.8. The van der Waals surface area contributed by atoms with E-state index >= 15 is 0 Å². The van der Waals surface area contributed by atoms with Crippen LogP contribution < -0.4 is 0 Å². The number of aliphatic hydroxyl groups excluding tert-OH is 1. The number of hydrogen-bond donors (Lipinski definition) is 4. The molecule has 0 radical (unpaired) electrons. The highest BCUT2D eigenvalue weighted by Crippen LogP contribution is 2.60. The van der Waals surface area contributed by atoms with Crippen LogP contribution in [0.4, 0.5) is 0 Å². The molecular formula is C7H12O5S2. The van der Waals surface area contributed by atoms with Crippen LogP contribution in [0.1, 0.15) is 6.92 Å². The lowest BCUT2D eigenvalue weighted by atomic mass is 10.1. The zero-order valence-electron chi connectivity index (χ0n) is 7.51. The van der Waals surface area contributed by atoms with Crippen molar-refractivity contribution in [1.82, 2.24) is 0 Å². The van der Waals surface area contributed by atoms with E-state index in [1.54, 1.807) is 0 Å². The molecule has 3 atom stereocenters. The number of carboxylic acids is 1. The fraction of sp³-hybridized carbons (Fsp3) is 0.857. The Morgan fingerprint density at radius 1 is 1.79 bits per heavy atom. The second-order valence-electron chi connectivity index (χ2n) is 3.12. The Balaban J connectivity index is 2.58. The predicted molar refractivity (Wildman–Crippen MR) is 54.4 cm³/mol. The van der Waals surface area contributed by atoms with Crippen molar-refractivity contribution in [1.29, 1.82) is 0 Å². The van der Waals surface area contributed by atoms with Crippen LogP contribution in [0.2, 0.25) is 0 Å². The number of aliphatic carboxylic acids is 1.